The topological polar surface area (TPSA) is 60.2 Å². The van der Waals surface area contributed by atoms with Gasteiger partial charge in [0.15, 0.2) is 0 Å². The highest BCUT2D eigenvalue weighted by atomic mass is 35.5. The molecule has 6 heteroatoms. The van der Waals surface area contributed by atoms with Gasteiger partial charge in [0, 0.05) is 23.5 Å². The van der Waals surface area contributed by atoms with Crippen molar-refractivity contribution in [2.24, 2.45) is 0 Å². The fourth-order valence-corrected chi connectivity index (χ4v) is 2.03. The van der Waals surface area contributed by atoms with Gasteiger partial charge in [-0.2, -0.15) is 0 Å². The third kappa shape index (κ3) is 4.44. The summed E-state index contributed by atoms with van der Waals surface area (Å²) >= 11 is 6.01. The van der Waals surface area contributed by atoms with Gasteiger partial charge in [-0.1, -0.05) is 11.6 Å². The predicted molar refractivity (Wildman–Crippen MR) is 82.8 cm³/mol. The lowest BCUT2D eigenvalue weighted by Gasteiger charge is -2.19. The summed E-state index contributed by atoms with van der Waals surface area (Å²) in [5.74, 6) is 1.66. The lowest BCUT2D eigenvalue weighted by molar-refractivity contribution is 0.407. The van der Waals surface area contributed by atoms with E-state index in [0.29, 0.717) is 34.5 Å². The van der Waals surface area contributed by atoms with Crippen LogP contribution in [-0.2, 0) is 6.42 Å². The van der Waals surface area contributed by atoms with Crippen molar-refractivity contribution in [3.63, 3.8) is 0 Å². The van der Waals surface area contributed by atoms with Crippen LogP contribution in [-0.4, -0.2) is 29.4 Å². The number of halogens is 1. The minimum absolute atomic E-state index is 0.0685. The van der Waals surface area contributed by atoms with E-state index >= 15 is 0 Å². The first-order valence-corrected chi connectivity index (χ1v) is 7.18. The van der Waals surface area contributed by atoms with Crippen LogP contribution in [0.5, 0.6) is 5.75 Å². The Bertz CT molecular complexity index is 605. The van der Waals surface area contributed by atoms with Crippen LogP contribution in [0.15, 0.2) is 22.6 Å². The molecule has 1 aromatic heterocycles. The number of hydrogen-bond donors (Lipinski definition) is 1. The van der Waals surface area contributed by atoms with Crippen LogP contribution in [0.4, 0.5) is 0 Å². The lowest BCUT2D eigenvalue weighted by atomic mass is 10.1. The molecule has 114 valence electrons. The van der Waals surface area contributed by atoms with Gasteiger partial charge in [0.05, 0.1) is 12.7 Å². The quantitative estimate of drug-likeness (QED) is 0.918. The Morgan fingerprint density at radius 3 is 2.71 bits per heavy atom. The first-order valence-electron chi connectivity index (χ1n) is 6.80. The van der Waals surface area contributed by atoms with Crippen LogP contribution in [0.2, 0.25) is 5.02 Å². The fourth-order valence-electron chi connectivity index (χ4n) is 1.86. The third-order valence-electron chi connectivity index (χ3n) is 2.85. The molecule has 0 atom stereocenters. The molecule has 0 spiro atoms. The molecular formula is C15H20ClN3O2. The maximum atomic E-state index is 6.01. The second-order valence-electron chi connectivity index (χ2n) is 5.77. The van der Waals surface area contributed by atoms with Crippen molar-refractivity contribution in [1.82, 2.24) is 15.5 Å². The van der Waals surface area contributed by atoms with Gasteiger partial charge in [-0.25, -0.2) is 0 Å². The normalized spacial score (nSPS) is 11.7. The molecule has 0 bridgehead atoms. The Morgan fingerprint density at radius 1 is 1.29 bits per heavy atom. The van der Waals surface area contributed by atoms with E-state index < -0.39 is 0 Å². The summed E-state index contributed by atoms with van der Waals surface area (Å²) in [5.41, 5.74) is 0.770. The van der Waals surface area contributed by atoms with Crippen molar-refractivity contribution < 1.29 is 9.15 Å². The number of aromatic nitrogens is 2. The van der Waals surface area contributed by atoms with Crippen LogP contribution >= 0.6 is 11.6 Å². The second kappa shape index (κ2) is 6.45. The smallest absolute Gasteiger partial charge is 0.251 e. The molecule has 0 saturated carbocycles. The van der Waals surface area contributed by atoms with Gasteiger partial charge < -0.3 is 14.5 Å². The Hall–Kier alpha value is -1.59. The van der Waals surface area contributed by atoms with Crippen LogP contribution in [0.3, 0.4) is 0 Å². The van der Waals surface area contributed by atoms with E-state index in [4.69, 9.17) is 20.8 Å². The number of hydrogen-bond acceptors (Lipinski definition) is 5. The van der Waals surface area contributed by atoms with Crippen molar-refractivity contribution in [1.29, 1.82) is 0 Å². The van der Waals surface area contributed by atoms with Crippen LogP contribution in [0, 0.1) is 0 Å². The van der Waals surface area contributed by atoms with E-state index in [1.54, 1.807) is 25.3 Å². The zero-order valence-corrected chi connectivity index (χ0v) is 13.5. The Kier molecular flexibility index (Phi) is 4.85. The third-order valence-corrected chi connectivity index (χ3v) is 3.09. The number of nitrogens with zero attached hydrogens (tertiary/aromatic N) is 2. The molecule has 1 heterocycles. The van der Waals surface area contributed by atoms with Crippen molar-refractivity contribution in [3.05, 3.63) is 29.1 Å². The van der Waals surface area contributed by atoms with Crippen molar-refractivity contribution in [2.45, 2.75) is 32.7 Å². The highest BCUT2D eigenvalue weighted by molar-refractivity contribution is 6.30. The molecule has 0 radical (unpaired) electrons. The molecular weight excluding hydrogens is 290 g/mol. The summed E-state index contributed by atoms with van der Waals surface area (Å²) < 4.78 is 11.0. The van der Waals surface area contributed by atoms with Gasteiger partial charge in [0.1, 0.15) is 5.75 Å². The summed E-state index contributed by atoms with van der Waals surface area (Å²) in [6, 6.07) is 5.29. The van der Waals surface area contributed by atoms with Crippen LogP contribution < -0.4 is 10.1 Å². The lowest BCUT2D eigenvalue weighted by Crippen LogP contribution is -2.37. The zero-order valence-electron chi connectivity index (χ0n) is 12.7. The molecule has 2 rings (SSSR count). The predicted octanol–water partition coefficient (Wildman–Crippen LogP) is 3.33. The van der Waals surface area contributed by atoms with E-state index in [0.717, 1.165) is 6.54 Å². The number of rotatable bonds is 5. The summed E-state index contributed by atoms with van der Waals surface area (Å²) in [5, 5.41) is 12.1. The molecule has 1 N–H and O–H groups in total. The molecule has 5 nitrogen and oxygen atoms in total. The fraction of sp³-hybridized carbons (Fsp3) is 0.467. The Morgan fingerprint density at radius 2 is 2.05 bits per heavy atom. The standard InChI is InChI=1S/C15H20ClN3O2/c1-15(2,3)17-8-7-13-18-19-14(21-13)11-9-10(16)5-6-12(11)20-4/h5-6,9,17H,7-8H2,1-4H3. The van der Waals surface area contributed by atoms with Gasteiger partial charge >= 0.3 is 0 Å². The number of methoxy groups -OCH3 is 1. The summed E-state index contributed by atoms with van der Waals surface area (Å²) in [7, 11) is 1.59. The van der Waals surface area contributed by atoms with Crippen molar-refractivity contribution in [2.75, 3.05) is 13.7 Å². The molecule has 0 aliphatic heterocycles. The summed E-state index contributed by atoms with van der Waals surface area (Å²) in [6.45, 7) is 7.12. The Balaban J connectivity index is 2.11. The first kappa shape index (κ1) is 15.8. The molecule has 0 fully saturated rings. The molecule has 0 unspecified atom stereocenters. The highest BCUT2D eigenvalue weighted by Gasteiger charge is 2.15. The molecule has 0 aliphatic rings. The van der Waals surface area contributed by atoms with Gasteiger partial charge in [-0.05, 0) is 39.0 Å². The van der Waals surface area contributed by atoms with E-state index in [-0.39, 0.29) is 5.54 Å². The second-order valence-corrected chi connectivity index (χ2v) is 6.21. The van der Waals surface area contributed by atoms with Gasteiger partial charge in [0.25, 0.3) is 5.89 Å². The van der Waals surface area contributed by atoms with Crippen molar-refractivity contribution >= 4 is 11.6 Å². The number of nitrogens with one attached hydrogen (secondary N) is 1. The minimum atomic E-state index is 0.0685. The average Bonchev–Trinajstić information content (AvgIpc) is 2.86. The molecule has 0 amide bonds. The zero-order chi connectivity index (χ0) is 15.5. The monoisotopic (exact) mass is 309 g/mol. The maximum absolute atomic E-state index is 6.01. The van der Waals surface area contributed by atoms with E-state index in [9.17, 15) is 0 Å². The molecule has 0 aliphatic carbocycles. The first-order chi connectivity index (χ1) is 9.89. The summed E-state index contributed by atoms with van der Waals surface area (Å²) in [4.78, 5) is 0. The van der Waals surface area contributed by atoms with Gasteiger partial charge in [-0.15, -0.1) is 10.2 Å². The molecule has 21 heavy (non-hydrogen) atoms. The van der Waals surface area contributed by atoms with Gasteiger partial charge in [0.2, 0.25) is 5.89 Å². The number of benzene rings is 1. The largest absolute Gasteiger partial charge is 0.496 e. The molecule has 0 saturated heterocycles. The molecule has 1 aromatic carbocycles. The van der Waals surface area contributed by atoms with Crippen LogP contribution in [0.1, 0.15) is 26.7 Å². The van der Waals surface area contributed by atoms with Gasteiger partial charge in [-0.3, -0.25) is 0 Å². The van der Waals surface area contributed by atoms with E-state index in [2.05, 4.69) is 36.3 Å². The summed E-state index contributed by atoms with van der Waals surface area (Å²) in [6.07, 6.45) is 0.674. The average molecular weight is 310 g/mol. The van der Waals surface area contributed by atoms with E-state index in [1.807, 2.05) is 0 Å². The highest BCUT2D eigenvalue weighted by Crippen LogP contribution is 2.31. The maximum Gasteiger partial charge on any atom is 0.251 e. The van der Waals surface area contributed by atoms with Crippen molar-refractivity contribution in [3.8, 4) is 17.2 Å². The SMILES string of the molecule is COc1ccc(Cl)cc1-c1nnc(CCNC(C)(C)C)o1. The van der Waals surface area contributed by atoms with Crippen LogP contribution in [0.25, 0.3) is 11.5 Å². The number of ether oxygens (including phenoxy) is 1. The molecule has 2 aromatic rings. The Labute approximate surface area is 129 Å². The minimum Gasteiger partial charge on any atom is -0.496 e. The van der Waals surface area contributed by atoms with E-state index in [1.165, 1.54) is 0 Å².